The summed E-state index contributed by atoms with van der Waals surface area (Å²) < 4.78 is 0. The molecular weight excluding hydrogens is 392 g/mol. The van der Waals surface area contributed by atoms with E-state index in [4.69, 9.17) is 5.73 Å². The maximum Gasteiger partial charge on any atom is 0.0434 e. The lowest BCUT2D eigenvalue weighted by atomic mass is 9.76. The number of rotatable bonds is 7. The Morgan fingerprint density at radius 3 is 2.19 bits per heavy atom. The van der Waals surface area contributed by atoms with Crippen molar-refractivity contribution in [3.63, 3.8) is 0 Å². The van der Waals surface area contributed by atoms with Crippen molar-refractivity contribution < 1.29 is 0 Å². The first-order chi connectivity index (χ1) is 9.37. The molecule has 0 unspecified atom stereocenters. The van der Waals surface area contributed by atoms with Gasteiger partial charge in [-0.1, -0.05) is 56.0 Å². The topological polar surface area (TPSA) is 38.0 Å². The van der Waals surface area contributed by atoms with Gasteiger partial charge in [0.05, 0.1) is 0 Å². The maximum atomic E-state index is 5.55. The average molecular weight is 422 g/mol. The van der Waals surface area contributed by atoms with Gasteiger partial charge in [-0.05, 0) is 44.3 Å². The minimum atomic E-state index is 0. The number of nitrogens with one attached hydrogen (secondary N) is 1. The van der Waals surface area contributed by atoms with E-state index in [9.17, 15) is 0 Å². The normalized spacial score (nSPS) is 16.6. The molecule has 0 spiro atoms. The van der Waals surface area contributed by atoms with Crippen molar-refractivity contribution in [1.82, 2.24) is 5.32 Å². The first-order valence-electron chi connectivity index (χ1n) is 7.88. The third kappa shape index (κ3) is 6.39. The molecule has 0 heterocycles. The molecule has 0 saturated heterocycles. The summed E-state index contributed by atoms with van der Waals surface area (Å²) >= 11 is 0. The van der Waals surface area contributed by atoms with Crippen LogP contribution in [0.3, 0.4) is 0 Å². The second-order valence-electron chi connectivity index (χ2n) is 5.78. The number of hydrogen-bond acceptors (Lipinski definition) is 2. The van der Waals surface area contributed by atoms with E-state index in [2.05, 4.69) is 35.6 Å². The molecule has 21 heavy (non-hydrogen) atoms. The zero-order valence-corrected chi connectivity index (χ0v) is 16.3. The molecule has 1 aliphatic carbocycles. The third-order valence-electron chi connectivity index (χ3n) is 4.38. The Morgan fingerprint density at radius 2 is 1.57 bits per heavy atom. The molecule has 0 bridgehead atoms. The molecule has 2 rings (SSSR count). The molecule has 4 heteroatoms. The van der Waals surface area contributed by atoms with Crippen LogP contribution in [0.4, 0.5) is 0 Å². The highest BCUT2D eigenvalue weighted by Crippen LogP contribution is 2.36. The fraction of sp³-hybridized carbons (Fsp3) is 0.647. The summed E-state index contributed by atoms with van der Waals surface area (Å²) in [6, 6.07) is 11.0. The predicted molar refractivity (Wildman–Crippen MR) is 103 cm³/mol. The van der Waals surface area contributed by atoms with E-state index in [0.29, 0.717) is 0 Å². The molecular formula is C17H30Br2N2. The lowest BCUT2D eigenvalue weighted by molar-refractivity contribution is 0.232. The fourth-order valence-corrected chi connectivity index (χ4v) is 3.25. The van der Waals surface area contributed by atoms with Crippen molar-refractivity contribution in [2.24, 2.45) is 5.73 Å². The summed E-state index contributed by atoms with van der Waals surface area (Å²) in [5, 5.41) is 3.87. The molecule has 122 valence electrons. The first-order valence-corrected chi connectivity index (χ1v) is 7.88. The quantitative estimate of drug-likeness (QED) is 0.625. The molecule has 0 aromatic heterocycles. The first kappa shape index (κ1) is 21.1. The van der Waals surface area contributed by atoms with Crippen LogP contribution in [0.1, 0.15) is 56.9 Å². The van der Waals surface area contributed by atoms with Crippen LogP contribution in [-0.2, 0) is 5.54 Å². The standard InChI is InChI=1S/C17H28N2.2BrH/c18-14-8-3-9-15-19-17(12-6-2-7-13-17)16-10-4-1-5-11-16;;/h1,4-5,10-11,19H,2-3,6-9,12-15,18H2;2*1H. The highest BCUT2D eigenvalue weighted by molar-refractivity contribution is 8.93. The van der Waals surface area contributed by atoms with Crippen molar-refractivity contribution in [3.05, 3.63) is 35.9 Å². The van der Waals surface area contributed by atoms with E-state index >= 15 is 0 Å². The Kier molecular flexibility index (Phi) is 11.7. The van der Waals surface area contributed by atoms with Crippen molar-refractivity contribution >= 4 is 34.0 Å². The van der Waals surface area contributed by atoms with E-state index < -0.39 is 0 Å². The second-order valence-corrected chi connectivity index (χ2v) is 5.78. The summed E-state index contributed by atoms with van der Waals surface area (Å²) in [5.74, 6) is 0. The molecule has 1 fully saturated rings. The predicted octanol–water partition coefficient (Wildman–Crippen LogP) is 4.72. The average Bonchev–Trinajstić information content (AvgIpc) is 2.49. The number of benzene rings is 1. The second kappa shape index (κ2) is 11.6. The molecule has 0 atom stereocenters. The van der Waals surface area contributed by atoms with Crippen LogP contribution in [0.2, 0.25) is 0 Å². The van der Waals surface area contributed by atoms with E-state index in [-0.39, 0.29) is 39.5 Å². The van der Waals surface area contributed by atoms with Gasteiger partial charge in [-0.3, -0.25) is 0 Å². The molecule has 1 aliphatic rings. The van der Waals surface area contributed by atoms with Crippen LogP contribution in [0.5, 0.6) is 0 Å². The van der Waals surface area contributed by atoms with Gasteiger partial charge in [0.15, 0.2) is 0 Å². The van der Waals surface area contributed by atoms with E-state index in [1.165, 1.54) is 50.5 Å². The smallest absolute Gasteiger partial charge is 0.0434 e. The lowest BCUT2D eigenvalue weighted by Crippen LogP contribution is -2.44. The summed E-state index contributed by atoms with van der Waals surface area (Å²) in [4.78, 5) is 0. The van der Waals surface area contributed by atoms with Gasteiger partial charge in [-0.15, -0.1) is 34.0 Å². The fourth-order valence-electron chi connectivity index (χ4n) is 3.25. The van der Waals surface area contributed by atoms with Crippen molar-refractivity contribution in [2.45, 2.75) is 56.9 Å². The van der Waals surface area contributed by atoms with Gasteiger partial charge in [-0.25, -0.2) is 0 Å². The van der Waals surface area contributed by atoms with Gasteiger partial charge in [0.2, 0.25) is 0 Å². The zero-order chi connectivity index (χ0) is 13.4. The van der Waals surface area contributed by atoms with Crippen LogP contribution in [0.25, 0.3) is 0 Å². The summed E-state index contributed by atoms with van der Waals surface area (Å²) in [7, 11) is 0. The largest absolute Gasteiger partial charge is 0.330 e. The van der Waals surface area contributed by atoms with Gasteiger partial charge in [0.1, 0.15) is 0 Å². The molecule has 3 N–H and O–H groups in total. The van der Waals surface area contributed by atoms with Gasteiger partial charge >= 0.3 is 0 Å². The van der Waals surface area contributed by atoms with Crippen molar-refractivity contribution in [1.29, 1.82) is 0 Å². The van der Waals surface area contributed by atoms with Crippen LogP contribution in [0.15, 0.2) is 30.3 Å². The third-order valence-corrected chi connectivity index (χ3v) is 4.38. The summed E-state index contributed by atoms with van der Waals surface area (Å²) in [6.45, 7) is 1.94. The summed E-state index contributed by atoms with van der Waals surface area (Å²) in [5.41, 5.74) is 7.27. The highest BCUT2D eigenvalue weighted by atomic mass is 79.9. The summed E-state index contributed by atoms with van der Waals surface area (Å²) in [6.07, 6.45) is 10.3. The van der Waals surface area contributed by atoms with Gasteiger partial charge in [0.25, 0.3) is 0 Å². The number of hydrogen-bond donors (Lipinski definition) is 2. The Hall–Kier alpha value is 0.1000. The van der Waals surface area contributed by atoms with Crippen molar-refractivity contribution in [2.75, 3.05) is 13.1 Å². The van der Waals surface area contributed by atoms with Crippen LogP contribution < -0.4 is 11.1 Å². The number of nitrogens with two attached hydrogens (primary N) is 1. The minimum Gasteiger partial charge on any atom is -0.330 e. The Bertz CT molecular complexity index is 351. The molecule has 2 nitrogen and oxygen atoms in total. The lowest BCUT2D eigenvalue weighted by Gasteiger charge is -2.39. The molecule has 1 aromatic rings. The number of unbranched alkanes of at least 4 members (excludes halogenated alkanes) is 2. The number of halogens is 2. The van der Waals surface area contributed by atoms with Crippen LogP contribution in [-0.4, -0.2) is 13.1 Å². The molecule has 0 radical (unpaired) electrons. The van der Waals surface area contributed by atoms with Gasteiger partial charge < -0.3 is 11.1 Å². The van der Waals surface area contributed by atoms with Gasteiger partial charge in [-0.2, -0.15) is 0 Å². The molecule has 1 aromatic carbocycles. The SMILES string of the molecule is Br.Br.NCCCCCNC1(c2ccccc2)CCCCC1. The van der Waals surface area contributed by atoms with Crippen molar-refractivity contribution in [3.8, 4) is 0 Å². The van der Waals surface area contributed by atoms with E-state index in [1.807, 2.05) is 0 Å². The van der Waals surface area contributed by atoms with Crippen LogP contribution >= 0.6 is 34.0 Å². The highest BCUT2D eigenvalue weighted by Gasteiger charge is 2.32. The maximum absolute atomic E-state index is 5.55. The minimum absolute atomic E-state index is 0. The Balaban J connectivity index is 0.00000200. The molecule has 1 saturated carbocycles. The Labute approximate surface area is 150 Å². The monoisotopic (exact) mass is 420 g/mol. The van der Waals surface area contributed by atoms with Crippen LogP contribution in [0, 0.1) is 0 Å². The molecule has 0 amide bonds. The zero-order valence-electron chi connectivity index (χ0n) is 12.9. The molecule has 0 aliphatic heterocycles. The van der Waals surface area contributed by atoms with Gasteiger partial charge in [0, 0.05) is 5.54 Å². The Morgan fingerprint density at radius 1 is 0.905 bits per heavy atom. The van der Waals surface area contributed by atoms with E-state index in [0.717, 1.165) is 19.5 Å². The van der Waals surface area contributed by atoms with E-state index in [1.54, 1.807) is 0 Å².